The van der Waals surface area contributed by atoms with Gasteiger partial charge in [0.1, 0.15) is 12.1 Å². The van der Waals surface area contributed by atoms with Crippen LogP contribution in [0.4, 0.5) is 0 Å². The molecule has 0 rings (SSSR count). The van der Waals surface area contributed by atoms with E-state index >= 15 is 0 Å². The van der Waals surface area contributed by atoms with Gasteiger partial charge in [0.05, 0.1) is 0 Å². The van der Waals surface area contributed by atoms with Crippen molar-refractivity contribution in [2.45, 2.75) is 39.8 Å². The number of carbonyl (C=O) groups is 1. The number of hydrogen-bond donors (Lipinski definition) is 1. The van der Waals surface area contributed by atoms with Gasteiger partial charge in [-0.2, -0.15) is 0 Å². The maximum absolute atomic E-state index is 10.9. The molecule has 3 nitrogen and oxygen atoms in total. The summed E-state index contributed by atoms with van der Waals surface area (Å²) in [5.41, 5.74) is 5.31. The lowest BCUT2D eigenvalue weighted by Gasteiger charge is -2.17. The van der Waals surface area contributed by atoms with Crippen LogP contribution in [0.15, 0.2) is 0 Å². The van der Waals surface area contributed by atoms with Gasteiger partial charge in [-0.25, -0.2) is 0 Å². The topological polar surface area (TPSA) is 52.3 Å². The predicted octanol–water partition coefficient (Wildman–Crippen LogP) is 0.921. The third-order valence-electron chi connectivity index (χ3n) is 1.61. The number of ether oxygens (including phenoxy) is 1. The zero-order valence-corrected chi connectivity index (χ0v) is 7.63. The minimum atomic E-state index is -0.517. The van der Waals surface area contributed by atoms with E-state index in [2.05, 4.69) is 0 Å². The second-order valence-electron chi connectivity index (χ2n) is 3.17. The zero-order chi connectivity index (χ0) is 9.02. The van der Waals surface area contributed by atoms with Crippen LogP contribution < -0.4 is 5.73 Å². The lowest BCUT2D eigenvalue weighted by Crippen LogP contribution is -2.32. The molecule has 11 heavy (non-hydrogen) atoms. The predicted molar refractivity (Wildman–Crippen MR) is 44.0 cm³/mol. The van der Waals surface area contributed by atoms with Gasteiger partial charge in [0.15, 0.2) is 0 Å². The van der Waals surface area contributed by atoms with Gasteiger partial charge in [-0.15, -0.1) is 0 Å². The Kier molecular flexibility index (Phi) is 4.11. The van der Waals surface area contributed by atoms with E-state index < -0.39 is 6.04 Å². The van der Waals surface area contributed by atoms with Gasteiger partial charge in [-0.05, 0) is 19.8 Å². The lowest BCUT2D eigenvalue weighted by molar-refractivity contribution is -0.151. The second-order valence-corrected chi connectivity index (χ2v) is 3.17. The third kappa shape index (κ3) is 3.98. The van der Waals surface area contributed by atoms with Crippen molar-refractivity contribution >= 4 is 5.97 Å². The molecule has 0 aromatic carbocycles. The van der Waals surface area contributed by atoms with Gasteiger partial charge in [-0.1, -0.05) is 13.8 Å². The van der Waals surface area contributed by atoms with Crippen LogP contribution in [0.2, 0.25) is 0 Å². The molecule has 0 spiro atoms. The maximum atomic E-state index is 10.9. The highest BCUT2D eigenvalue weighted by molar-refractivity contribution is 5.75. The molecule has 66 valence electrons. The second kappa shape index (κ2) is 4.34. The highest BCUT2D eigenvalue weighted by Gasteiger charge is 2.15. The smallest absolute Gasteiger partial charge is 0.322 e. The average molecular weight is 159 g/mol. The minimum Gasteiger partial charge on any atom is -0.461 e. The maximum Gasteiger partial charge on any atom is 0.322 e. The summed E-state index contributed by atoms with van der Waals surface area (Å²) in [6.45, 7) is 7.48. The highest BCUT2D eigenvalue weighted by Crippen LogP contribution is 2.05. The monoisotopic (exact) mass is 159 g/mol. The molecule has 3 heteroatoms. The summed E-state index contributed by atoms with van der Waals surface area (Å²) in [6, 6.07) is -0.517. The molecular formula is C8H17NO2. The summed E-state index contributed by atoms with van der Waals surface area (Å²) in [7, 11) is 0. The van der Waals surface area contributed by atoms with Gasteiger partial charge in [0.2, 0.25) is 0 Å². The molecule has 0 aliphatic rings. The molecule has 0 fully saturated rings. The number of esters is 1. The van der Waals surface area contributed by atoms with E-state index in [1.165, 1.54) is 0 Å². The molecule has 0 saturated carbocycles. The summed E-state index contributed by atoms with van der Waals surface area (Å²) in [4.78, 5) is 10.9. The van der Waals surface area contributed by atoms with E-state index in [0.717, 1.165) is 0 Å². The molecular weight excluding hydrogens is 142 g/mol. The van der Waals surface area contributed by atoms with Crippen molar-refractivity contribution in [3.63, 3.8) is 0 Å². The first-order valence-electron chi connectivity index (χ1n) is 3.91. The van der Waals surface area contributed by atoms with Crippen molar-refractivity contribution in [1.82, 2.24) is 0 Å². The fraction of sp³-hybridized carbons (Fsp3) is 0.875. The molecule has 0 aliphatic carbocycles. The van der Waals surface area contributed by atoms with Crippen molar-refractivity contribution in [3.05, 3.63) is 0 Å². The third-order valence-corrected chi connectivity index (χ3v) is 1.61. The van der Waals surface area contributed by atoms with Crippen LogP contribution in [0.25, 0.3) is 0 Å². The van der Waals surface area contributed by atoms with Gasteiger partial charge in [-0.3, -0.25) is 4.79 Å². The first-order chi connectivity index (χ1) is 4.95. The summed E-state index contributed by atoms with van der Waals surface area (Å²) in [5, 5.41) is 0. The van der Waals surface area contributed by atoms with Crippen LogP contribution >= 0.6 is 0 Å². The average Bonchev–Trinajstić information content (AvgIpc) is 1.87. The van der Waals surface area contributed by atoms with Gasteiger partial charge in [0, 0.05) is 0 Å². The molecule has 0 aromatic rings. The summed E-state index contributed by atoms with van der Waals surface area (Å²) in [6.07, 6.45) is -0.0477. The fourth-order valence-electron chi connectivity index (χ4n) is 0.427. The normalized spacial score (nSPS) is 16.2. The first kappa shape index (κ1) is 10.4. The Labute approximate surface area is 67.9 Å². The SMILES string of the molecule is CC(C)C(C)OC(=O)[C@@H](C)N. The molecule has 0 saturated heterocycles. The van der Waals surface area contributed by atoms with Crippen LogP contribution in [0.3, 0.4) is 0 Å². The largest absolute Gasteiger partial charge is 0.461 e. The molecule has 0 bridgehead atoms. The van der Waals surface area contributed by atoms with E-state index in [1.54, 1.807) is 6.92 Å². The van der Waals surface area contributed by atoms with Crippen molar-refractivity contribution in [2.24, 2.45) is 11.7 Å². The molecule has 0 radical (unpaired) electrons. The summed E-state index contributed by atoms with van der Waals surface area (Å²) in [5.74, 6) is 0.0175. The number of carbonyl (C=O) groups excluding carboxylic acids is 1. The molecule has 2 atom stereocenters. The Morgan fingerprint density at radius 1 is 1.27 bits per heavy atom. The Morgan fingerprint density at radius 2 is 1.73 bits per heavy atom. The standard InChI is InChI=1S/C8H17NO2/c1-5(2)7(4)11-8(10)6(3)9/h5-7H,9H2,1-4H3/t6-,7?/m1/s1. The van der Waals surface area contributed by atoms with Crippen LogP contribution in [-0.4, -0.2) is 18.1 Å². The van der Waals surface area contributed by atoms with Crippen LogP contribution in [0.1, 0.15) is 27.7 Å². The van der Waals surface area contributed by atoms with Crippen LogP contribution in [-0.2, 0) is 9.53 Å². The van der Waals surface area contributed by atoms with E-state index in [4.69, 9.17) is 10.5 Å². The minimum absolute atomic E-state index is 0.0477. The van der Waals surface area contributed by atoms with E-state index in [9.17, 15) is 4.79 Å². The highest BCUT2D eigenvalue weighted by atomic mass is 16.5. The lowest BCUT2D eigenvalue weighted by atomic mass is 10.1. The Hall–Kier alpha value is -0.570. The van der Waals surface area contributed by atoms with E-state index in [1.807, 2.05) is 20.8 Å². The molecule has 0 heterocycles. The first-order valence-corrected chi connectivity index (χ1v) is 3.91. The molecule has 0 amide bonds. The van der Waals surface area contributed by atoms with Crippen LogP contribution in [0.5, 0.6) is 0 Å². The summed E-state index contributed by atoms with van der Waals surface area (Å²) >= 11 is 0. The van der Waals surface area contributed by atoms with E-state index in [0.29, 0.717) is 5.92 Å². The molecule has 0 aliphatic heterocycles. The van der Waals surface area contributed by atoms with Crippen molar-refractivity contribution in [2.75, 3.05) is 0 Å². The van der Waals surface area contributed by atoms with Crippen molar-refractivity contribution < 1.29 is 9.53 Å². The number of hydrogen-bond acceptors (Lipinski definition) is 3. The Bertz CT molecular complexity index is 132. The van der Waals surface area contributed by atoms with Crippen molar-refractivity contribution in [3.8, 4) is 0 Å². The summed E-state index contributed by atoms with van der Waals surface area (Å²) < 4.78 is 5.01. The van der Waals surface area contributed by atoms with Gasteiger partial charge in [0.25, 0.3) is 0 Å². The van der Waals surface area contributed by atoms with Crippen LogP contribution in [0, 0.1) is 5.92 Å². The van der Waals surface area contributed by atoms with Gasteiger partial charge >= 0.3 is 5.97 Å². The van der Waals surface area contributed by atoms with E-state index in [-0.39, 0.29) is 12.1 Å². The Balaban J connectivity index is 3.76. The number of rotatable bonds is 3. The molecule has 2 N–H and O–H groups in total. The van der Waals surface area contributed by atoms with Crippen molar-refractivity contribution in [1.29, 1.82) is 0 Å². The Morgan fingerprint density at radius 3 is 2.00 bits per heavy atom. The zero-order valence-electron chi connectivity index (χ0n) is 7.63. The molecule has 1 unspecified atom stereocenters. The quantitative estimate of drug-likeness (QED) is 0.623. The van der Waals surface area contributed by atoms with Gasteiger partial charge < -0.3 is 10.5 Å². The fourth-order valence-corrected chi connectivity index (χ4v) is 0.427. The number of nitrogens with two attached hydrogens (primary N) is 1. The molecule has 0 aromatic heterocycles.